The zero-order chi connectivity index (χ0) is 13.5. The van der Waals surface area contributed by atoms with Gasteiger partial charge in [-0.3, -0.25) is 4.98 Å². The van der Waals surface area contributed by atoms with Crippen molar-refractivity contribution in [1.82, 2.24) is 10.3 Å². The van der Waals surface area contributed by atoms with Gasteiger partial charge in [-0.05, 0) is 18.6 Å². The molecular formula is C14H18N2O2S. The number of aromatic nitrogens is 1. The normalized spacial score (nSPS) is 12.3. The molecule has 0 saturated carbocycles. The Bertz CT molecular complexity index is 488. The first-order valence-electron chi connectivity index (χ1n) is 6.20. The molecule has 0 radical (unpaired) electrons. The van der Waals surface area contributed by atoms with Gasteiger partial charge in [0, 0.05) is 24.2 Å². The van der Waals surface area contributed by atoms with E-state index >= 15 is 0 Å². The third-order valence-electron chi connectivity index (χ3n) is 2.69. The van der Waals surface area contributed by atoms with Gasteiger partial charge >= 0.3 is 0 Å². The number of hydrogen-bond donors (Lipinski definition) is 2. The van der Waals surface area contributed by atoms with Crippen LogP contribution in [0.3, 0.4) is 0 Å². The van der Waals surface area contributed by atoms with Gasteiger partial charge in [0.25, 0.3) is 0 Å². The summed E-state index contributed by atoms with van der Waals surface area (Å²) < 4.78 is 5.59. The predicted molar refractivity (Wildman–Crippen MR) is 76.5 cm³/mol. The van der Waals surface area contributed by atoms with E-state index in [1.165, 1.54) is 0 Å². The number of aryl methyl sites for hydroxylation is 1. The molecule has 0 spiro atoms. The lowest BCUT2D eigenvalue weighted by atomic mass is 10.2. The number of benzene rings is 1. The first-order chi connectivity index (χ1) is 9.25. The molecule has 2 rings (SSSR count). The average molecular weight is 278 g/mol. The number of nitrogens with zero attached hydrogens (tertiary/aromatic N) is 1. The SMILES string of the molecule is Cc1ccccc1OCC(O)CNCc1cncs1. The smallest absolute Gasteiger partial charge is 0.122 e. The van der Waals surface area contributed by atoms with E-state index < -0.39 is 6.10 Å². The summed E-state index contributed by atoms with van der Waals surface area (Å²) in [7, 11) is 0. The summed E-state index contributed by atoms with van der Waals surface area (Å²) in [5.41, 5.74) is 2.88. The van der Waals surface area contributed by atoms with Crippen LogP contribution in [0.15, 0.2) is 36.0 Å². The number of ether oxygens (including phenoxy) is 1. The zero-order valence-corrected chi connectivity index (χ0v) is 11.7. The molecule has 0 fully saturated rings. The second-order valence-corrected chi connectivity index (χ2v) is 5.30. The van der Waals surface area contributed by atoms with Crippen molar-refractivity contribution in [3.05, 3.63) is 46.4 Å². The van der Waals surface area contributed by atoms with Gasteiger partial charge < -0.3 is 15.2 Å². The van der Waals surface area contributed by atoms with E-state index in [9.17, 15) is 5.11 Å². The fourth-order valence-electron chi connectivity index (χ4n) is 1.65. The van der Waals surface area contributed by atoms with E-state index in [-0.39, 0.29) is 0 Å². The largest absolute Gasteiger partial charge is 0.491 e. The van der Waals surface area contributed by atoms with Gasteiger partial charge in [0.05, 0.1) is 5.51 Å². The Balaban J connectivity index is 1.67. The zero-order valence-electron chi connectivity index (χ0n) is 10.9. The van der Waals surface area contributed by atoms with Crippen molar-refractivity contribution in [2.45, 2.75) is 19.6 Å². The van der Waals surface area contributed by atoms with E-state index in [4.69, 9.17) is 4.74 Å². The third-order valence-corrected chi connectivity index (χ3v) is 3.47. The number of thiazole rings is 1. The third kappa shape index (κ3) is 4.63. The molecular weight excluding hydrogens is 260 g/mol. The average Bonchev–Trinajstić information content (AvgIpc) is 2.91. The number of para-hydroxylation sites is 1. The highest BCUT2D eigenvalue weighted by molar-refractivity contribution is 7.09. The Morgan fingerprint density at radius 2 is 2.26 bits per heavy atom. The van der Waals surface area contributed by atoms with E-state index in [0.29, 0.717) is 13.2 Å². The van der Waals surface area contributed by atoms with Gasteiger partial charge in [-0.15, -0.1) is 11.3 Å². The number of aliphatic hydroxyl groups is 1. The van der Waals surface area contributed by atoms with Crippen LogP contribution in [0, 0.1) is 6.92 Å². The van der Waals surface area contributed by atoms with Crippen LogP contribution < -0.4 is 10.1 Å². The van der Waals surface area contributed by atoms with Crippen molar-refractivity contribution in [2.24, 2.45) is 0 Å². The molecule has 0 amide bonds. The lowest BCUT2D eigenvalue weighted by Crippen LogP contribution is -2.31. The van der Waals surface area contributed by atoms with Gasteiger partial charge in [-0.1, -0.05) is 18.2 Å². The Labute approximate surface area is 117 Å². The van der Waals surface area contributed by atoms with Crippen LogP contribution in [-0.4, -0.2) is 29.3 Å². The Morgan fingerprint density at radius 3 is 3.00 bits per heavy atom. The van der Waals surface area contributed by atoms with Crippen molar-refractivity contribution in [3.63, 3.8) is 0 Å². The van der Waals surface area contributed by atoms with Gasteiger partial charge in [0.15, 0.2) is 0 Å². The molecule has 2 aromatic rings. The number of hydrogen-bond acceptors (Lipinski definition) is 5. The quantitative estimate of drug-likeness (QED) is 0.813. The molecule has 0 aliphatic rings. The highest BCUT2D eigenvalue weighted by atomic mass is 32.1. The van der Waals surface area contributed by atoms with Crippen molar-refractivity contribution >= 4 is 11.3 Å². The second-order valence-electron chi connectivity index (χ2n) is 4.33. The molecule has 19 heavy (non-hydrogen) atoms. The standard InChI is InChI=1S/C14H18N2O2S/c1-11-4-2-3-5-14(11)18-9-12(17)6-15-7-13-8-16-10-19-13/h2-5,8,10,12,15,17H,6-7,9H2,1H3. The summed E-state index contributed by atoms with van der Waals surface area (Å²) in [6, 6.07) is 7.79. The summed E-state index contributed by atoms with van der Waals surface area (Å²) in [5, 5.41) is 13.0. The molecule has 1 unspecified atom stereocenters. The van der Waals surface area contributed by atoms with Crippen LogP contribution >= 0.6 is 11.3 Å². The van der Waals surface area contributed by atoms with E-state index in [1.54, 1.807) is 16.8 Å². The molecule has 0 aliphatic heterocycles. The molecule has 4 nitrogen and oxygen atoms in total. The molecule has 2 N–H and O–H groups in total. The fraction of sp³-hybridized carbons (Fsp3) is 0.357. The second kappa shape index (κ2) is 7.23. The van der Waals surface area contributed by atoms with E-state index in [1.807, 2.05) is 37.4 Å². The fourth-order valence-corrected chi connectivity index (χ4v) is 2.22. The summed E-state index contributed by atoms with van der Waals surface area (Å²) in [5.74, 6) is 0.823. The van der Waals surface area contributed by atoms with E-state index in [0.717, 1.165) is 22.7 Å². The van der Waals surface area contributed by atoms with Crippen LogP contribution in [-0.2, 0) is 6.54 Å². The van der Waals surface area contributed by atoms with Gasteiger partial charge in [-0.25, -0.2) is 0 Å². The highest BCUT2D eigenvalue weighted by Gasteiger charge is 2.06. The number of aliphatic hydroxyl groups excluding tert-OH is 1. The predicted octanol–water partition coefficient (Wildman–Crippen LogP) is 1.98. The summed E-state index contributed by atoms with van der Waals surface area (Å²) in [4.78, 5) is 5.16. The number of nitrogens with one attached hydrogen (secondary N) is 1. The number of rotatable bonds is 7. The maximum absolute atomic E-state index is 9.83. The molecule has 5 heteroatoms. The summed E-state index contributed by atoms with van der Waals surface area (Å²) >= 11 is 1.60. The van der Waals surface area contributed by atoms with E-state index in [2.05, 4.69) is 10.3 Å². The molecule has 0 bridgehead atoms. The molecule has 1 aromatic heterocycles. The lowest BCUT2D eigenvalue weighted by Gasteiger charge is -2.14. The molecule has 0 saturated heterocycles. The lowest BCUT2D eigenvalue weighted by molar-refractivity contribution is 0.106. The van der Waals surface area contributed by atoms with Gasteiger partial charge in [0.2, 0.25) is 0 Å². The molecule has 1 aromatic carbocycles. The molecule has 102 valence electrons. The summed E-state index contributed by atoms with van der Waals surface area (Å²) in [6.45, 7) is 3.51. The minimum Gasteiger partial charge on any atom is -0.491 e. The Kier molecular flexibility index (Phi) is 5.32. The van der Waals surface area contributed by atoms with Crippen LogP contribution in [0.2, 0.25) is 0 Å². The van der Waals surface area contributed by atoms with Crippen molar-refractivity contribution < 1.29 is 9.84 Å². The van der Waals surface area contributed by atoms with Crippen molar-refractivity contribution in [2.75, 3.05) is 13.2 Å². The first-order valence-corrected chi connectivity index (χ1v) is 7.08. The van der Waals surface area contributed by atoms with Crippen LogP contribution in [0.1, 0.15) is 10.4 Å². The van der Waals surface area contributed by atoms with Crippen LogP contribution in [0.4, 0.5) is 0 Å². The van der Waals surface area contributed by atoms with Crippen molar-refractivity contribution in [3.8, 4) is 5.75 Å². The molecule has 1 heterocycles. The first kappa shape index (κ1) is 14.0. The topological polar surface area (TPSA) is 54.4 Å². The van der Waals surface area contributed by atoms with Gasteiger partial charge in [-0.2, -0.15) is 0 Å². The summed E-state index contributed by atoms with van der Waals surface area (Å²) in [6.07, 6.45) is 1.31. The minimum absolute atomic E-state index is 0.292. The van der Waals surface area contributed by atoms with Crippen LogP contribution in [0.5, 0.6) is 5.75 Å². The molecule has 0 aliphatic carbocycles. The highest BCUT2D eigenvalue weighted by Crippen LogP contribution is 2.16. The maximum atomic E-state index is 9.83. The molecule has 1 atom stereocenters. The monoisotopic (exact) mass is 278 g/mol. The van der Waals surface area contributed by atoms with Crippen LogP contribution in [0.25, 0.3) is 0 Å². The Hall–Kier alpha value is -1.43. The van der Waals surface area contributed by atoms with Gasteiger partial charge in [0.1, 0.15) is 18.5 Å². The Morgan fingerprint density at radius 1 is 1.42 bits per heavy atom. The maximum Gasteiger partial charge on any atom is 0.122 e. The minimum atomic E-state index is -0.521. The van der Waals surface area contributed by atoms with Crippen molar-refractivity contribution in [1.29, 1.82) is 0 Å².